The molecule has 1 saturated carbocycles. The van der Waals surface area contributed by atoms with Crippen molar-refractivity contribution in [1.82, 2.24) is 40.6 Å². The molecular formula is C80H100F2N10O15. The van der Waals surface area contributed by atoms with E-state index in [1.54, 1.807) is 52.0 Å². The number of hydrogen-bond acceptors (Lipinski definition) is 19. The molecule has 4 aromatic carbocycles. The number of pyridine rings is 1. The number of nitrogens with zero attached hydrogens (tertiary/aromatic N) is 6. The first-order chi connectivity index (χ1) is 51.5. The standard InChI is InChI=1S/C80H100F2N10O15/c1-52(90(8)77(97)106-50-55-15-10-9-11-16-55)73(94)88-71(79(2,3)4)70(93)63-45-59-43-61(28-25-57(59)44-64(63)74(95)85-65-20-14-18-56-17-12-13-19-62(56)65)104-42-41-103-40-39-102-38-37-101-36-35-100-34-33-99-32-31-83-47-53-23-26-60(27-24-53)92-49-66(69(89-92)72(81)82)86-75(96)67-51-105-76(87-67)58-29-30-84-68(46-58)91(48-54-21-22-54)78(98)107-80(5,6)7/h9-13,15-17,19,23-30,43,46,49,51-52,54,63-65,71-72,83H,14,18,20-22,31-42,44-45,47-48,50H2,1-8H3,(H,85,95)(H,86,96)(H,88,94)/t52-,63?,64+,65+,71+/m0/s1. The summed E-state index contributed by atoms with van der Waals surface area (Å²) in [5.74, 6) is -1.97. The minimum absolute atomic E-state index is 0.0357. The molecule has 3 heterocycles. The number of carbonyl (C=O) groups is 6. The zero-order valence-electron chi connectivity index (χ0n) is 62.3. The Bertz CT molecular complexity index is 4080. The van der Waals surface area contributed by atoms with Crippen LogP contribution in [-0.4, -0.2) is 171 Å². The largest absolute Gasteiger partial charge is 0.491 e. The highest BCUT2D eigenvalue weighted by molar-refractivity contribution is 6.03. The van der Waals surface area contributed by atoms with Crippen LogP contribution in [-0.2, 0) is 80.0 Å². The van der Waals surface area contributed by atoms with E-state index in [2.05, 4.69) is 48.5 Å². The SMILES string of the molecule is C[C@@H](C(=O)N[C@H](C(=O)C1Cc2cc(OCCOCCOCCOCCOCCOCCNCc3ccc(-n4cc(NC(=O)c5coc(-c6ccnc(N(CC7CC7)C(=O)OC(C)(C)C)c6)n5)c(C(F)F)n4)cc3)ccc2C[C@H]1C(=O)N[C@@H]1CCCc2ccccc21)C(C)(C)C)N(C)C(=O)OCc1ccccc1. The van der Waals surface area contributed by atoms with Gasteiger partial charge >= 0.3 is 12.2 Å². The van der Waals surface area contributed by atoms with Gasteiger partial charge in [0.25, 0.3) is 12.3 Å². The molecule has 10 rings (SSSR count). The van der Waals surface area contributed by atoms with Gasteiger partial charge in [0.15, 0.2) is 17.2 Å². The molecule has 4 N–H and O–H groups in total. The quantitative estimate of drug-likeness (QED) is 0.0262. The van der Waals surface area contributed by atoms with E-state index in [-0.39, 0.29) is 54.6 Å². The number of aromatic nitrogens is 4. The molecule has 574 valence electrons. The van der Waals surface area contributed by atoms with Crippen molar-refractivity contribution in [2.45, 2.75) is 137 Å². The minimum atomic E-state index is -2.99. The summed E-state index contributed by atoms with van der Waals surface area (Å²) in [4.78, 5) is 94.9. The second-order valence-corrected chi connectivity index (χ2v) is 29.1. The van der Waals surface area contributed by atoms with E-state index >= 15 is 4.79 Å². The normalized spacial score (nSPS) is 16.2. The predicted octanol–water partition coefficient (Wildman–Crippen LogP) is 11.8. The molecule has 1 fully saturated rings. The van der Waals surface area contributed by atoms with Gasteiger partial charge in [-0.25, -0.2) is 33.0 Å². The number of halogens is 2. The fourth-order valence-electron chi connectivity index (χ4n) is 12.6. The van der Waals surface area contributed by atoms with Gasteiger partial charge in [0.2, 0.25) is 17.7 Å². The third-order valence-electron chi connectivity index (χ3n) is 18.7. The summed E-state index contributed by atoms with van der Waals surface area (Å²) >= 11 is 0. The van der Waals surface area contributed by atoms with E-state index in [0.717, 1.165) is 66.2 Å². The van der Waals surface area contributed by atoms with Crippen LogP contribution in [0.25, 0.3) is 17.1 Å². The molecule has 7 aromatic rings. The number of rotatable bonds is 38. The molecule has 107 heavy (non-hydrogen) atoms. The number of hydrogen-bond donors (Lipinski definition) is 4. The molecule has 5 amide bonds. The van der Waals surface area contributed by atoms with Gasteiger partial charge in [0.05, 0.1) is 102 Å². The van der Waals surface area contributed by atoms with Gasteiger partial charge < -0.3 is 63.6 Å². The van der Waals surface area contributed by atoms with Crippen molar-refractivity contribution in [2.75, 3.05) is 103 Å². The molecular weight excluding hydrogens is 1380 g/mol. The van der Waals surface area contributed by atoms with Crippen LogP contribution in [0.2, 0.25) is 0 Å². The van der Waals surface area contributed by atoms with Crippen LogP contribution in [0.3, 0.4) is 0 Å². The number of Topliss-reactive ketones (excluding diaryl/α,β-unsaturated/α-hetero) is 1. The van der Waals surface area contributed by atoms with Crippen molar-refractivity contribution in [3.8, 4) is 22.9 Å². The minimum Gasteiger partial charge on any atom is -0.491 e. The third-order valence-corrected chi connectivity index (χ3v) is 18.7. The molecule has 27 heteroatoms. The zero-order valence-corrected chi connectivity index (χ0v) is 62.3. The summed E-state index contributed by atoms with van der Waals surface area (Å²) < 4.78 is 81.2. The summed E-state index contributed by atoms with van der Waals surface area (Å²) in [6.45, 7) is 18.2. The molecule has 5 atom stereocenters. The fourth-order valence-corrected chi connectivity index (χ4v) is 12.6. The van der Waals surface area contributed by atoms with Crippen LogP contribution in [0, 0.1) is 23.2 Å². The van der Waals surface area contributed by atoms with E-state index in [4.69, 9.17) is 42.3 Å². The average molecular weight is 1480 g/mol. The first-order valence-electron chi connectivity index (χ1n) is 36.7. The number of oxazole rings is 1. The van der Waals surface area contributed by atoms with Crippen LogP contribution in [0.4, 0.5) is 29.9 Å². The topological polar surface area (TPSA) is 288 Å². The van der Waals surface area contributed by atoms with Gasteiger partial charge in [0.1, 0.15) is 42.7 Å². The number of nitrogens with one attached hydrogen (secondary N) is 4. The Morgan fingerprint density at radius 2 is 1.37 bits per heavy atom. The molecule has 0 spiro atoms. The lowest BCUT2D eigenvalue weighted by atomic mass is 9.69. The first kappa shape index (κ1) is 80.0. The van der Waals surface area contributed by atoms with Crippen molar-refractivity contribution >= 4 is 47.2 Å². The molecule has 1 unspecified atom stereocenters. The highest BCUT2D eigenvalue weighted by Gasteiger charge is 2.46. The van der Waals surface area contributed by atoms with Crippen molar-refractivity contribution < 1.29 is 79.9 Å². The first-order valence-corrected chi connectivity index (χ1v) is 36.7. The summed E-state index contributed by atoms with van der Waals surface area (Å²) in [5.41, 5.74) is 4.33. The van der Waals surface area contributed by atoms with Crippen LogP contribution < -0.4 is 30.9 Å². The van der Waals surface area contributed by atoms with Crippen LogP contribution >= 0.6 is 0 Å². The summed E-state index contributed by atoms with van der Waals surface area (Å²) in [7, 11) is 1.49. The Kier molecular flexibility index (Phi) is 28.7. The molecule has 25 nitrogen and oxygen atoms in total. The zero-order chi connectivity index (χ0) is 76.0. The Morgan fingerprint density at radius 1 is 0.710 bits per heavy atom. The van der Waals surface area contributed by atoms with Gasteiger partial charge in [-0.05, 0) is 154 Å². The number of fused-ring (bicyclic) bond motifs is 2. The number of carbonyl (C=O) groups excluding carboxylic acids is 6. The highest BCUT2D eigenvalue weighted by atomic mass is 19.3. The van der Waals surface area contributed by atoms with Crippen molar-refractivity contribution in [3.63, 3.8) is 0 Å². The van der Waals surface area contributed by atoms with Gasteiger partial charge in [-0.1, -0.05) is 93.6 Å². The maximum absolute atomic E-state index is 15.2. The van der Waals surface area contributed by atoms with Crippen molar-refractivity contribution in [2.24, 2.45) is 23.2 Å². The summed E-state index contributed by atoms with van der Waals surface area (Å²) in [5, 5.41) is 16.2. The molecule has 0 bridgehead atoms. The molecule has 3 aliphatic rings. The monoisotopic (exact) mass is 1480 g/mol. The average Bonchev–Trinajstić information content (AvgIpc) is 1.60. The van der Waals surface area contributed by atoms with E-state index in [1.807, 2.05) is 93.6 Å². The number of ketones is 1. The van der Waals surface area contributed by atoms with Gasteiger partial charge in [-0.15, -0.1) is 0 Å². The van der Waals surface area contributed by atoms with Gasteiger partial charge in [-0.2, -0.15) is 5.10 Å². The second kappa shape index (κ2) is 38.3. The lowest BCUT2D eigenvalue weighted by Crippen LogP contribution is -2.58. The lowest BCUT2D eigenvalue weighted by molar-refractivity contribution is -0.139. The number of amides is 5. The van der Waals surface area contributed by atoms with Crippen LogP contribution in [0.1, 0.15) is 136 Å². The summed E-state index contributed by atoms with van der Waals surface area (Å²) in [6, 6.07) is 31.4. The Hall–Kier alpha value is -9.51. The number of anilines is 2. The van der Waals surface area contributed by atoms with Gasteiger partial charge in [0, 0.05) is 44.4 Å². The van der Waals surface area contributed by atoms with E-state index in [0.29, 0.717) is 121 Å². The number of benzene rings is 4. The predicted molar refractivity (Wildman–Crippen MR) is 395 cm³/mol. The third kappa shape index (κ3) is 23.5. The van der Waals surface area contributed by atoms with Crippen LogP contribution in [0.5, 0.6) is 5.75 Å². The highest BCUT2D eigenvalue weighted by Crippen LogP contribution is 2.39. The number of ether oxygens (including phenoxy) is 8. The van der Waals surface area contributed by atoms with Crippen molar-refractivity contribution in [3.05, 3.63) is 173 Å². The van der Waals surface area contributed by atoms with Crippen molar-refractivity contribution in [1.29, 1.82) is 0 Å². The molecule has 0 saturated heterocycles. The Morgan fingerprint density at radius 3 is 2.05 bits per heavy atom. The number of likely N-dealkylation sites (N-methyl/N-ethyl adjacent to an activating group) is 1. The molecule has 3 aliphatic carbocycles. The van der Waals surface area contributed by atoms with Gasteiger partial charge in [-0.3, -0.25) is 29.0 Å². The van der Waals surface area contributed by atoms with E-state index in [1.165, 1.54) is 39.5 Å². The Labute approximate surface area is 623 Å². The molecule has 3 aromatic heterocycles. The van der Waals surface area contributed by atoms with Crippen LogP contribution in [0.15, 0.2) is 132 Å². The fraction of sp³-hybridized carbons (Fsp3) is 0.487. The summed E-state index contributed by atoms with van der Waals surface area (Å²) in [6.07, 6.45) is 4.91. The molecule has 0 radical (unpaired) electrons. The maximum atomic E-state index is 15.2. The molecule has 0 aliphatic heterocycles. The van der Waals surface area contributed by atoms with E-state index < -0.39 is 71.1 Å². The smallest absolute Gasteiger partial charge is 0.416 e. The van der Waals surface area contributed by atoms with E-state index in [9.17, 15) is 32.8 Å². The number of aryl methyl sites for hydroxylation is 1. The Balaban J connectivity index is 0.580. The maximum Gasteiger partial charge on any atom is 0.416 e. The second-order valence-electron chi connectivity index (χ2n) is 29.1. The number of alkyl halides is 2. The lowest BCUT2D eigenvalue weighted by Gasteiger charge is -2.39.